The van der Waals surface area contributed by atoms with E-state index in [9.17, 15) is 9.59 Å². The molecular formula is C19H18I2N2O2. The third kappa shape index (κ3) is 4.72. The molecule has 3 rings (SSSR count). The molecule has 1 fully saturated rings. The molecular weight excluding hydrogens is 542 g/mol. The third-order valence-electron chi connectivity index (χ3n) is 3.86. The molecule has 4 nitrogen and oxygen atoms in total. The molecule has 1 aromatic carbocycles. The number of halogens is 2. The van der Waals surface area contributed by atoms with Crippen LogP contribution in [-0.2, 0) is 4.79 Å². The fourth-order valence-corrected chi connectivity index (χ4v) is 10.6. The Kier molecular flexibility index (Phi) is 6.32. The molecule has 1 saturated heterocycles. The van der Waals surface area contributed by atoms with Crippen molar-refractivity contribution in [2.75, 3.05) is 4.43 Å². The number of ketones is 1. The van der Waals surface area contributed by atoms with Gasteiger partial charge >= 0.3 is 169 Å². The number of carbonyl (C=O) groups excluding carboxylic acids is 2. The number of benzene rings is 1. The van der Waals surface area contributed by atoms with Gasteiger partial charge in [-0.05, 0) is 0 Å². The second-order valence-electron chi connectivity index (χ2n) is 5.77. The van der Waals surface area contributed by atoms with Crippen LogP contribution in [0.25, 0.3) is 0 Å². The second-order valence-corrected chi connectivity index (χ2v) is 13.0. The zero-order chi connectivity index (χ0) is 17.8. The van der Waals surface area contributed by atoms with E-state index in [4.69, 9.17) is 0 Å². The van der Waals surface area contributed by atoms with Crippen molar-refractivity contribution >= 4 is 54.1 Å². The molecule has 0 aromatic heterocycles. The van der Waals surface area contributed by atoms with Crippen molar-refractivity contribution in [1.82, 2.24) is 0 Å². The van der Waals surface area contributed by atoms with Crippen LogP contribution in [0.3, 0.4) is 0 Å². The Bertz CT molecular complexity index is 810. The number of rotatable bonds is 5. The predicted molar refractivity (Wildman–Crippen MR) is 116 cm³/mol. The molecule has 1 heterocycles. The SMILES string of the molecule is CCCC1CI1C1=C/C(=C\N=NC(=O)c2ccccc2)C=C(I)C1=O. The van der Waals surface area contributed by atoms with Crippen molar-refractivity contribution in [3.05, 3.63) is 67.0 Å². The number of allylic oxidation sites excluding steroid dienone is 5. The number of amides is 1. The van der Waals surface area contributed by atoms with Gasteiger partial charge in [-0.25, -0.2) is 0 Å². The van der Waals surface area contributed by atoms with Gasteiger partial charge in [-0.1, -0.05) is 0 Å². The van der Waals surface area contributed by atoms with E-state index in [0.29, 0.717) is 5.56 Å². The van der Waals surface area contributed by atoms with Crippen molar-refractivity contribution in [3.8, 4) is 0 Å². The van der Waals surface area contributed by atoms with Crippen LogP contribution in [0.4, 0.5) is 0 Å². The van der Waals surface area contributed by atoms with Crippen LogP contribution in [-0.4, -0.2) is 20.0 Å². The average molecular weight is 560 g/mol. The Morgan fingerprint density at radius 1 is 1.32 bits per heavy atom. The van der Waals surface area contributed by atoms with Gasteiger partial charge in [0.05, 0.1) is 0 Å². The van der Waals surface area contributed by atoms with Gasteiger partial charge in [0.25, 0.3) is 0 Å². The summed E-state index contributed by atoms with van der Waals surface area (Å²) in [7, 11) is 0. The van der Waals surface area contributed by atoms with Crippen LogP contribution in [0, 0.1) is 0 Å². The van der Waals surface area contributed by atoms with Crippen LogP contribution >= 0.6 is 42.4 Å². The molecule has 0 spiro atoms. The first-order valence-corrected chi connectivity index (χ1v) is 13.0. The van der Waals surface area contributed by atoms with Crippen molar-refractivity contribution in [2.24, 2.45) is 10.2 Å². The number of alkyl halides is 2. The number of hydrogen-bond donors (Lipinski definition) is 0. The molecule has 1 aromatic rings. The van der Waals surface area contributed by atoms with Crippen LogP contribution in [0.15, 0.2) is 71.6 Å². The Labute approximate surface area is 168 Å². The Hall–Kier alpha value is -1.16. The molecule has 130 valence electrons. The average Bonchev–Trinajstić information content (AvgIpc) is 3.38. The van der Waals surface area contributed by atoms with Crippen molar-refractivity contribution in [1.29, 1.82) is 0 Å². The molecule has 0 N–H and O–H groups in total. The van der Waals surface area contributed by atoms with Gasteiger partial charge in [0.2, 0.25) is 0 Å². The Morgan fingerprint density at radius 2 is 2.08 bits per heavy atom. The fraction of sp³-hybridized carbons (Fsp3) is 0.263. The summed E-state index contributed by atoms with van der Waals surface area (Å²) in [6, 6.07) is 8.86. The standard InChI is InChI=1S/C19H18I2N2O2/c1-2-6-15-11-21(15)17-10-13(9-16(20)18(17)24)12-22-23-19(25)14-7-4-3-5-8-14/h3-5,7-10,12,15H,2,6,11H2,1H3/b13-12-,23-22?. The van der Waals surface area contributed by atoms with Crippen LogP contribution in [0.5, 0.6) is 0 Å². The summed E-state index contributed by atoms with van der Waals surface area (Å²) in [6.45, 7) is 2.20. The summed E-state index contributed by atoms with van der Waals surface area (Å²) in [5, 5.41) is 7.67. The van der Waals surface area contributed by atoms with E-state index >= 15 is 0 Å². The van der Waals surface area contributed by atoms with Crippen LogP contribution in [0.1, 0.15) is 30.1 Å². The van der Waals surface area contributed by atoms with Crippen LogP contribution < -0.4 is 0 Å². The van der Waals surface area contributed by atoms with Gasteiger partial charge in [0.1, 0.15) is 0 Å². The number of hydrogen-bond acceptors (Lipinski definition) is 3. The zero-order valence-electron chi connectivity index (χ0n) is 13.8. The first kappa shape index (κ1) is 18.6. The van der Waals surface area contributed by atoms with E-state index in [1.165, 1.54) is 17.3 Å². The van der Waals surface area contributed by atoms with Gasteiger partial charge in [-0.2, -0.15) is 0 Å². The summed E-state index contributed by atoms with van der Waals surface area (Å²) < 4.78 is 3.80. The molecule has 6 heteroatoms. The quantitative estimate of drug-likeness (QED) is 0.266. The molecule has 2 aliphatic rings. The fourth-order valence-electron chi connectivity index (χ4n) is 2.54. The van der Waals surface area contributed by atoms with Gasteiger partial charge in [-0.3, -0.25) is 0 Å². The molecule has 0 radical (unpaired) electrons. The molecule has 1 aliphatic heterocycles. The number of nitrogens with zero attached hydrogens (tertiary/aromatic N) is 2. The van der Waals surface area contributed by atoms with E-state index in [1.54, 1.807) is 30.5 Å². The minimum atomic E-state index is -1.27. The van der Waals surface area contributed by atoms with E-state index < -0.39 is 19.8 Å². The second kappa shape index (κ2) is 8.48. The van der Waals surface area contributed by atoms with E-state index in [1.807, 2.05) is 18.2 Å². The third-order valence-corrected chi connectivity index (χ3v) is 11.0. The van der Waals surface area contributed by atoms with E-state index in [2.05, 4.69) is 39.7 Å². The number of Topliss-reactive ketones (excluding diaryl/α,β-unsaturated/α-hetero) is 1. The van der Waals surface area contributed by atoms with E-state index in [-0.39, 0.29) is 11.7 Å². The molecule has 1 unspecified atom stereocenters. The molecule has 0 saturated carbocycles. The summed E-state index contributed by atoms with van der Waals surface area (Å²) in [5.41, 5.74) is 1.36. The first-order valence-electron chi connectivity index (χ1n) is 8.08. The zero-order valence-corrected chi connectivity index (χ0v) is 18.1. The van der Waals surface area contributed by atoms with Gasteiger partial charge < -0.3 is 0 Å². The Balaban J connectivity index is 1.73. The first-order chi connectivity index (χ1) is 12.1. The van der Waals surface area contributed by atoms with Gasteiger partial charge in [0.15, 0.2) is 0 Å². The van der Waals surface area contributed by atoms with Gasteiger partial charge in [-0.15, -0.1) is 0 Å². The summed E-state index contributed by atoms with van der Waals surface area (Å²) in [6.07, 6.45) is 7.77. The number of azo groups is 1. The van der Waals surface area contributed by atoms with Crippen molar-refractivity contribution < 1.29 is 9.59 Å². The molecule has 25 heavy (non-hydrogen) atoms. The summed E-state index contributed by atoms with van der Waals surface area (Å²) in [4.78, 5) is 24.4. The van der Waals surface area contributed by atoms with Crippen molar-refractivity contribution in [2.45, 2.75) is 23.7 Å². The summed E-state index contributed by atoms with van der Waals surface area (Å²) in [5.74, 6) is -0.174. The van der Waals surface area contributed by atoms with Gasteiger partial charge in [0, 0.05) is 0 Å². The summed E-state index contributed by atoms with van der Waals surface area (Å²) >= 11 is 0.820. The van der Waals surface area contributed by atoms with Crippen molar-refractivity contribution in [3.63, 3.8) is 0 Å². The predicted octanol–water partition coefficient (Wildman–Crippen LogP) is 5.64. The molecule has 1 aliphatic carbocycles. The van der Waals surface area contributed by atoms with Crippen LogP contribution in [0.2, 0.25) is 0 Å². The number of carbonyl (C=O) groups is 2. The molecule has 1 atom stereocenters. The monoisotopic (exact) mass is 560 g/mol. The minimum absolute atomic E-state index is 0.193. The van der Waals surface area contributed by atoms with E-state index in [0.717, 1.165) is 16.7 Å². The maximum atomic E-state index is 12.4. The topological polar surface area (TPSA) is 58.9 Å². The normalized spacial score (nSPS) is 23.0. The maximum absolute atomic E-state index is 12.4. The molecule has 0 bridgehead atoms. The molecule has 1 amide bonds. The Morgan fingerprint density at radius 3 is 2.80 bits per heavy atom.